The Hall–Kier alpha value is -6.50. The predicted molar refractivity (Wildman–Crippen MR) is 314 cm³/mol. The van der Waals surface area contributed by atoms with E-state index in [-0.39, 0.29) is 30.7 Å². The number of hydrogen-bond acceptors (Lipinski definition) is 18. The Balaban J connectivity index is 0.000000138. The quantitative estimate of drug-likeness (QED) is 0.109. The summed E-state index contributed by atoms with van der Waals surface area (Å²) in [5.41, 5.74) is 26.9. The van der Waals surface area contributed by atoms with E-state index in [1.54, 1.807) is 24.3 Å². The van der Waals surface area contributed by atoms with Gasteiger partial charge in [0.05, 0.1) is 105 Å². The molecule has 31 heteroatoms. The zero-order chi connectivity index (χ0) is 59.2. The van der Waals surface area contributed by atoms with Crippen molar-refractivity contribution in [2.45, 2.75) is 75.9 Å². The number of nitrogens with two attached hydrogens (primary N) is 3. The average molecular weight is 1250 g/mol. The van der Waals surface area contributed by atoms with E-state index in [1.807, 2.05) is 30.3 Å². The number of hydrogen-bond donors (Lipinski definition) is 8. The van der Waals surface area contributed by atoms with Crippen molar-refractivity contribution in [2.75, 3.05) is 91.2 Å². The second-order valence-electron chi connectivity index (χ2n) is 20.5. The lowest BCUT2D eigenvalue weighted by molar-refractivity contribution is -0.139. The topological polar surface area (TPSA) is 362 Å². The SMILES string of the molecule is CS(=O)(=O)N1CCc2c(N)n[nH]c2C1.CS(=O)(=O)N1CCc2c(N)nn(C(=O)C3CCNc4c(Cl)cccc43)c2C1.CS(=O)(=O)N1CCc2c(nn(C(=O)C3CCNc4c(Cl)cccc43)c2N)C1.O=C(O)C1CCNc2c(Cl)cccc21. The molecule has 0 radical (unpaired) electrons. The number of nitrogens with zero attached hydrogens (tertiary/aromatic N) is 8. The van der Waals surface area contributed by atoms with Crippen LogP contribution < -0.4 is 33.2 Å². The highest BCUT2D eigenvalue weighted by atomic mass is 35.5. The molecule has 9 heterocycles. The number of carboxylic acid groups (broad SMARTS) is 1. The van der Waals surface area contributed by atoms with E-state index >= 15 is 0 Å². The smallest absolute Gasteiger partial charge is 0.311 e. The first kappa shape index (κ1) is 60.1. The maximum atomic E-state index is 13.3. The maximum absolute atomic E-state index is 13.3. The van der Waals surface area contributed by atoms with E-state index in [0.29, 0.717) is 122 Å². The van der Waals surface area contributed by atoms with Crippen LogP contribution >= 0.6 is 34.8 Å². The number of nitrogens with one attached hydrogen (secondary N) is 4. The Kier molecular flexibility index (Phi) is 17.6. The first-order valence-corrected chi connectivity index (χ1v) is 32.7. The van der Waals surface area contributed by atoms with Crippen molar-refractivity contribution in [1.82, 2.24) is 42.7 Å². The molecule has 6 aromatic rings. The average Bonchev–Trinajstić information content (AvgIpc) is 3.53. The molecule has 12 rings (SSSR count). The van der Waals surface area contributed by atoms with Crippen molar-refractivity contribution in [3.05, 3.63) is 120 Å². The minimum atomic E-state index is -3.37. The van der Waals surface area contributed by atoms with Crippen molar-refractivity contribution in [2.24, 2.45) is 0 Å². The van der Waals surface area contributed by atoms with Crippen LogP contribution in [0.2, 0.25) is 15.1 Å². The molecule has 0 fully saturated rings. The second-order valence-corrected chi connectivity index (χ2v) is 27.7. The maximum Gasteiger partial charge on any atom is 0.311 e. The summed E-state index contributed by atoms with van der Waals surface area (Å²) < 4.78 is 76.7. The number of carbonyl (C=O) groups excluding carboxylic acids is 2. The van der Waals surface area contributed by atoms with Crippen LogP contribution in [-0.4, -0.2) is 149 Å². The molecule has 0 aliphatic carbocycles. The molecule has 3 unspecified atom stereocenters. The lowest BCUT2D eigenvalue weighted by Crippen LogP contribution is -2.37. The van der Waals surface area contributed by atoms with Crippen molar-refractivity contribution >= 4 is 117 Å². The highest BCUT2D eigenvalue weighted by Crippen LogP contribution is 2.41. The second kappa shape index (κ2) is 24.0. The number of carboxylic acids is 1. The standard InChI is InChI=1S/2C17H20ClN5O3S.C10H10ClNO2.C7H12N4O2S/c1-27(25,26)22-8-6-12-14(9-22)23(21-16(12)19)17(24)11-5-7-20-15-10(11)3-2-4-13(15)18;1-27(25,26)22-8-6-12-14(9-22)21-23(16(12)19)17(24)11-5-7-20-15-10(11)3-2-4-13(15)18;11-8-3-1-2-6-7(10(13)14)4-5-12-9(6)8;1-14(12,13)11-3-2-5-6(4-11)9-10-7(5)8/h2-4,11,20H,5-9H2,1H3,(H2,19,21);2-4,11,20H,5-9,19H2,1H3;1-3,7,12H,4-5H2,(H,13,14);2-4H2,1H3,(H3,8,9,10). The number of H-pyrrole nitrogens is 1. The highest BCUT2D eigenvalue weighted by molar-refractivity contribution is 7.88. The molecular formula is C51H62Cl3N15O10S3. The molecule has 440 valence electrons. The summed E-state index contributed by atoms with van der Waals surface area (Å²) >= 11 is 18.5. The summed E-state index contributed by atoms with van der Waals surface area (Å²) in [6, 6.07) is 16.3. The molecule has 6 aliphatic heterocycles. The van der Waals surface area contributed by atoms with Crippen LogP contribution in [0.1, 0.15) is 97.1 Å². The molecule has 25 nitrogen and oxygen atoms in total. The van der Waals surface area contributed by atoms with Gasteiger partial charge in [0.2, 0.25) is 30.1 Å². The van der Waals surface area contributed by atoms with Crippen molar-refractivity contribution < 1.29 is 44.7 Å². The number of fused-ring (bicyclic) bond motifs is 6. The van der Waals surface area contributed by atoms with Gasteiger partial charge in [-0.3, -0.25) is 19.5 Å². The fraction of sp³-hybridized carbons (Fsp3) is 0.412. The molecule has 82 heavy (non-hydrogen) atoms. The lowest BCUT2D eigenvalue weighted by atomic mass is 9.90. The fourth-order valence-electron chi connectivity index (χ4n) is 10.9. The van der Waals surface area contributed by atoms with Crippen LogP contribution in [0, 0.1) is 0 Å². The number of aromatic amines is 1. The van der Waals surface area contributed by atoms with Gasteiger partial charge in [-0.05, 0) is 73.4 Å². The van der Waals surface area contributed by atoms with Crippen LogP contribution in [0.15, 0.2) is 54.6 Å². The van der Waals surface area contributed by atoms with Gasteiger partial charge in [-0.15, -0.1) is 5.10 Å². The zero-order valence-electron chi connectivity index (χ0n) is 44.8. The molecule has 3 aromatic heterocycles. The Morgan fingerprint density at radius 3 is 1.48 bits per heavy atom. The summed E-state index contributed by atoms with van der Waals surface area (Å²) in [4.78, 5) is 37.5. The lowest BCUT2D eigenvalue weighted by Gasteiger charge is -2.28. The van der Waals surface area contributed by atoms with Gasteiger partial charge in [0.15, 0.2) is 0 Å². The summed E-state index contributed by atoms with van der Waals surface area (Å²) in [5, 5.41) is 35.5. The van der Waals surface area contributed by atoms with Gasteiger partial charge in [0.25, 0.3) is 11.8 Å². The first-order chi connectivity index (χ1) is 38.7. The van der Waals surface area contributed by atoms with Gasteiger partial charge in [-0.2, -0.15) is 27.8 Å². The summed E-state index contributed by atoms with van der Waals surface area (Å²) in [6.45, 7) is 3.62. The predicted octanol–water partition coefficient (Wildman–Crippen LogP) is 4.99. The monoisotopic (exact) mass is 1250 g/mol. The van der Waals surface area contributed by atoms with Crippen molar-refractivity contribution in [3.63, 3.8) is 0 Å². The third-order valence-corrected chi connectivity index (χ3v) is 19.9. The molecule has 11 N–H and O–H groups in total. The zero-order valence-corrected chi connectivity index (χ0v) is 49.5. The third-order valence-electron chi connectivity index (χ3n) is 15.2. The van der Waals surface area contributed by atoms with Gasteiger partial charge in [0.1, 0.15) is 17.5 Å². The highest BCUT2D eigenvalue weighted by Gasteiger charge is 2.37. The number of anilines is 6. The number of aromatic nitrogens is 6. The number of halogens is 3. The number of aliphatic carboxylic acids is 1. The molecule has 3 atom stereocenters. The van der Waals surface area contributed by atoms with E-state index in [2.05, 4.69) is 36.3 Å². The largest absolute Gasteiger partial charge is 0.481 e. The molecule has 0 bridgehead atoms. The molecule has 0 saturated carbocycles. The summed E-state index contributed by atoms with van der Waals surface area (Å²) in [6.07, 6.45) is 6.85. The Morgan fingerprint density at radius 1 is 0.561 bits per heavy atom. The van der Waals surface area contributed by atoms with Crippen molar-refractivity contribution in [3.8, 4) is 0 Å². The molecule has 0 saturated heterocycles. The van der Waals surface area contributed by atoms with Gasteiger partial charge in [-0.25, -0.2) is 29.9 Å². The third kappa shape index (κ3) is 12.5. The van der Waals surface area contributed by atoms with E-state index in [9.17, 15) is 39.6 Å². The molecule has 0 amide bonds. The first-order valence-electron chi connectivity index (χ1n) is 26.0. The van der Waals surface area contributed by atoms with Crippen LogP contribution in [0.4, 0.5) is 34.5 Å². The molecule has 6 aliphatic rings. The van der Waals surface area contributed by atoms with E-state index in [1.165, 1.54) is 34.8 Å². The van der Waals surface area contributed by atoms with Crippen LogP contribution in [0.25, 0.3) is 0 Å². The normalized spacial score (nSPS) is 19.5. The van der Waals surface area contributed by atoms with E-state index in [0.717, 1.165) is 62.4 Å². The van der Waals surface area contributed by atoms with E-state index in [4.69, 9.17) is 57.1 Å². The number of benzene rings is 3. The Bertz CT molecular complexity index is 3830. The van der Waals surface area contributed by atoms with E-state index < -0.39 is 53.8 Å². The minimum Gasteiger partial charge on any atom is -0.481 e. The van der Waals surface area contributed by atoms with Gasteiger partial charge >= 0.3 is 5.97 Å². The Labute approximate surface area is 488 Å². The number of para-hydroxylation sites is 3. The number of carbonyl (C=O) groups is 3. The Morgan fingerprint density at radius 2 is 0.988 bits per heavy atom. The van der Waals surface area contributed by atoms with Gasteiger partial charge in [-0.1, -0.05) is 71.2 Å². The summed E-state index contributed by atoms with van der Waals surface area (Å²) in [5.74, 6) is -1.42. The van der Waals surface area contributed by atoms with Crippen LogP contribution in [0.3, 0.4) is 0 Å². The van der Waals surface area contributed by atoms with Crippen LogP contribution in [-0.2, 0) is 73.8 Å². The summed E-state index contributed by atoms with van der Waals surface area (Å²) in [7, 11) is -9.81. The van der Waals surface area contributed by atoms with Gasteiger partial charge < -0.3 is 38.3 Å². The molecule has 3 aromatic carbocycles. The van der Waals surface area contributed by atoms with Gasteiger partial charge in [0, 0.05) is 56.0 Å². The van der Waals surface area contributed by atoms with Crippen LogP contribution in [0.5, 0.6) is 0 Å². The molecule has 0 spiro atoms. The number of rotatable bonds is 6. The molecular weight excluding hydrogens is 1190 g/mol. The number of nitrogen functional groups attached to an aromatic ring is 3. The number of sulfonamides is 3. The fourth-order valence-corrected chi connectivity index (χ4v) is 14.0. The van der Waals surface area contributed by atoms with Crippen molar-refractivity contribution in [1.29, 1.82) is 0 Å². The minimum absolute atomic E-state index is 0.0947.